The van der Waals surface area contributed by atoms with Crippen LogP contribution in [0.1, 0.15) is 22.4 Å². The van der Waals surface area contributed by atoms with Crippen molar-refractivity contribution >= 4 is 17.2 Å². The number of nitrogens with zero attached hydrogens (tertiary/aromatic N) is 2. The first-order valence-corrected chi connectivity index (χ1v) is 9.51. The molecule has 0 aliphatic heterocycles. The molecule has 2 aromatic heterocycles. The number of nitrogens with one attached hydrogen (secondary N) is 1. The van der Waals surface area contributed by atoms with E-state index in [4.69, 9.17) is 4.42 Å². The van der Waals surface area contributed by atoms with Gasteiger partial charge in [0.05, 0.1) is 4.88 Å². The Hall–Kier alpha value is -2.67. The van der Waals surface area contributed by atoms with Crippen LogP contribution in [0.4, 0.5) is 0 Å². The van der Waals surface area contributed by atoms with Gasteiger partial charge in [0, 0.05) is 11.4 Å². The maximum absolute atomic E-state index is 12.1. The molecule has 1 aliphatic carbocycles. The van der Waals surface area contributed by atoms with E-state index in [0.717, 1.165) is 34.4 Å². The van der Waals surface area contributed by atoms with E-state index in [-0.39, 0.29) is 12.5 Å². The molecule has 0 radical (unpaired) electrons. The number of amides is 1. The van der Waals surface area contributed by atoms with Crippen LogP contribution >= 0.6 is 11.3 Å². The molecule has 4 rings (SSSR count). The van der Waals surface area contributed by atoms with E-state index in [1.807, 2.05) is 36.4 Å². The second kappa shape index (κ2) is 7.29. The molecule has 7 heteroatoms. The number of thiophene rings is 1. The second-order valence-electron chi connectivity index (χ2n) is 6.33. The van der Waals surface area contributed by atoms with Gasteiger partial charge in [0.15, 0.2) is 0 Å². The Labute approximate surface area is 154 Å². The SMILES string of the molecule is O=C(Cn1nc(-c2cc3c(s2)CCC3)oc1=O)NCCc1ccccc1. The molecule has 0 saturated carbocycles. The van der Waals surface area contributed by atoms with Crippen LogP contribution in [0.25, 0.3) is 10.8 Å². The van der Waals surface area contributed by atoms with Gasteiger partial charge in [0.2, 0.25) is 5.91 Å². The Balaban J connectivity index is 1.36. The Morgan fingerprint density at radius 1 is 1.27 bits per heavy atom. The van der Waals surface area contributed by atoms with Gasteiger partial charge in [-0.1, -0.05) is 30.3 Å². The van der Waals surface area contributed by atoms with Crippen LogP contribution in [-0.2, 0) is 30.6 Å². The van der Waals surface area contributed by atoms with Gasteiger partial charge in [0.1, 0.15) is 6.54 Å². The lowest BCUT2D eigenvalue weighted by Crippen LogP contribution is -2.32. The lowest BCUT2D eigenvalue weighted by atomic mass is 10.1. The summed E-state index contributed by atoms with van der Waals surface area (Å²) in [7, 11) is 0. The topological polar surface area (TPSA) is 77.1 Å². The summed E-state index contributed by atoms with van der Waals surface area (Å²) in [5.41, 5.74) is 2.47. The van der Waals surface area contributed by atoms with Gasteiger partial charge >= 0.3 is 5.76 Å². The van der Waals surface area contributed by atoms with Gasteiger partial charge < -0.3 is 9.73 Å². The number of aromatic nitrogens is 2. The number of rotatable bonds is 6. The highest BCUT2D eigenvalue weighted by atomic mass is 32.1. The largest absolute Gasteiger partial charge is 0.437 e. The quantitative estimate of drug-likeness (QED) is 0.724. The molecular formula is C19H19N3O3S. The zero-order chi connectivity index (χ0) is 17.9. The van der Waals surface area contributed by atoms with E-state index in [1.54, 1.807) is 11.3 Å². The molecule has 1 aliphatic rings. The summed E-state index contributed by atoms with van der Waals surface area (Å²) in [6, 6.07) is 12.0. The van der Waals surface area contributed by atoms with Crippen molar-refractivity contribution in [1.82, 2.24) is 15.1 Å². The maximum Gasteiger partial charge on any atom is 0.437 e. The van der Waals surface area contributed by atoms with Crippen molar-refractivity contribution in [2.24, 2.45) is 0 Å². The Bertz CT molecular complexity index is 950. The monoisotopic (exact) mass is 369 g/mol. The van der Waals surface area contributed by atoms with E-state index in [1.165, 1.54) is 16.9 Å². The molecule has 1 aromatic carbocycles. The fourth-order valence-electron chi connectivity index (χ4n) is 3.12. The number of benzene rings is 1. The van der Waals surface area contributed by atoms with Crippen molar-refractivity contribution < 1.29 is 9.21 Å². The van der Waals surface area contributed by atoms with Crippen LogP contribution in [0.2, 0.25) is 0 Å². The minimum absolute atomic E-state index is 0.137. The number of hydrogen-bond acceptors (Lipinski definition) is 5. The van der Waals surface area contributed by atoms with Gasteiger partial charge in [-0.25, -0.2) is 4.79 Å². The molecule has 2 heterocycles. The number of hydrogen-bond donors (Lipinski definition) is 1. The molecule has 0 unspecified atom stereocenters. The van der Waals surface area contributed by atoms with E-state index < -0.39 is 5.76 Å². The average molecular weight is 369 g/mol. The third-order valence-corrected chi connectivity index (χ3v) is 5.66. The molecule has 0 saturated heterocycles. The molecule has 0 fully saturated rings. The molecule has 0 spiro atoms. The van der Waals surface area contributed by atoms with Crippen LogP contribution in [0.5, 0.6) is 0 Å². The number of carbonyl (C=O) groups excluding carboxylic acids is 1. The van der Waals surface area contributed by atoms with Crippen LogP contribution in [0.3, 0.4) is 0 Å². The summed E-state index contributed by atoms with van der Waals surface area (Å²) in [5, 5.41) is 7.00. The first kappa shape index (κ1) is 16.8. The maximum atomic E-state index is 12.1. The third kappa shape index (κ3) is 3.62. The van der Waals surface area contributed by atoms with E-state index >= 15 is 0 Å². The number of carbonyl (C=O) groups is 1. The van der Waals surface area contributed by atoms with Crippen molar-refractivity contribution in [2.75, 3.05) is 6.54 Å². The van der Waals surface area contributed by atoms with Crippen LogP contribution in [-0.4, -0.2) is 22.2 Å². The molecule has 1 N–H and O–H groups in total. The molecule has 26 heavy (non-hydrogen) atoms. The minimum Gasteiger partial charge on any atom is -0.387 e. The Morgan fingerprint density at radius 2 is 2.12 bits per heavy atom. The molecule has 3 aromatic rings. The third-order valence-electron chi connectivity index (χ3n) is 4.44. The van der Waals surface area contributed by atoms with Gasteiger partial charge in [-0.3, -0.25) is 4.79 Å². The Morgan fingerprint density at radius 3 is 2.92 bits per heavy atom. The van der Waals surface area contributed by atoms with E-state index in [0.29, 0.717) is 12.4 Å². The molecule has 1 amide bonds. The minimum atomic E-state index is -0.605. The van der Waals surface area contributed by atoms with Crippen LogP contribution < -0.4 is 11.1 Å². The van der Waals surface area contributed by atoms with E-state index in [2.05, 4.69) is 10.4 Å². The smallest absolute Gasteiger partial charge is 0.387 e. The fourth-order valence-corrected chi connectivity index (χ4v) is 4.30. The van der Waals surface area contributed by atoms with Crippen molar-refractivity contribution in [3.05, 3.63) is 63.0 Å². The van der Waals surface area contributed by atoms with Crippen LogP contribution in [0.15, 0.2) is 45.6 Å². The van der Waals surface area contributed by atoms with Crippen LogP contribution in [0, 0.1) is 0 Å². The average Bonchev–Trinajstić information content (AvgIpc) is 3.31. The zero-order valence-electron chi connectivity index (χ0n) is 14.2. The molecule has 0 bridgehead atoms. The van der Waals surface area contributed by atoms with Gasteiger partial charge in [-0.2, -0.15) is 4.68 Å². The number of fused-ring (bicyclic) bond motifs is 1. The summed E-state index contributed by atoms with van der Waals surface area (Å²) >= 11 is 1.62. The van der Waals surface area contributed by atoms with Gasteiger partial charge in [0.25, 0.3) is 5.89 Å². The van der Waals surface area contributed by atoms with Crippen molar-refractivity contribution in [1.29, 1.82) is 0 Å². The first-order chi connectivity index (χ1) is 12.7. The standard InChI is InChI=1S/C19H19N3O3S/c23-17(20-10-9-13-5-2-1-3-6-13)12-22-19(24)25-18(21-22)16-11-14-7-4-8-15(14)26-16/h1-3,5-6,11H,4,7-10,12H2,(H,20,23). The summed E-state index contributed by atoms with van der Waals surface area (Å²) in [4.78, 5) is 26.2. The normalized spacial score (nSPS) is 12.9. The lowest BCUT2D eigenvalue weighted by molar-refractivity contribution is -0.121. The fraction of sp³-hybridized carbons (Fsp3) is 0.316. The highest BCUT2D eigenvalue weighted by Crippen LogP contribution is 2.35. The Kier molecular flexibility index (Phi) is 4.71. The molecule has 134 valence electrons. The van der Waals surface area contributed by atoms with Crippen molar-refractivity contribution in [2.45, 2.75) is 32.2 Å². The van der Waals surface area contributed by atoms with Gasteiger partial charge in [-0.05, 0) is 42.9 Å². The highest BCUT2D eigenvalue weighted by Gasteiger charge is 2.20. The number of aryl methyl sites for hydroxylation is 2. The highest BCUT2D eigenvalue weighted by molar-refractivity contribution is 7.15. The van der Waals surface area contributed by atoms with Crippen molar-refractivity contribution in [3.8, 4) is 10.8 Å². The first-order valence-electron chi connectivity index (χ1n) is 8.69. The molecule has 0 atom stereocenters. The van der Waals surface area contributed by atoms with Gasteiger partial charge in [-0.15, -0.1) is 16.4 Å². The summed E-state index contributed by atoms with van der Waals surface area (Å²) < 4.78 is 6.32. The second-order valence-corrected chi connectivity index (χ2v) is 7.47. The predicted molar refractivity (Wildman–Crippen MR) is 99.3 cm³/mol. The summed E-state index contributed by atoms with van der Waals surface area (Å²) in [5.74, 6) is -0.560. The van der Waals surface area contributed by atoms with Crippen molar-refractivity contribution in [3.63, 3.8) is 0 Å². The summed E-state index contributed by atoms with van der Waals surface area (Å²) in [6.45, 7) is 0.377. The zero-order valence-corrected chi connectivity index (χ0v) is 15.1. The van der Waals surface area contributed by atoms with E-state index in [9.17, 15) is 9.59 Å². The summed E-state index contributed by atoms with van der Waals surface area (Å²) in [6.07, 6.45) is 4.07. The molecular weight excluding hydrogens is 350 g/mol. The molecule has 6 nitrogen and oxygen atoms in total. The predicted octanol–water partition coefficient (Wildman–Crippen LogP) is 2.41. The lowest BCUT2D eigenvalue weighted by Gasteiger charge is -2.04.